The van der Waals surface area contributed by atoms with Gasteiger partial charge in [-0.3, -0.25) is 0 Å². The first-order valence-corrected chi connectivity index (χ1v) is 12.7. The summed E-state index contributed by atoms with van der Waals surface area (Å²) in [7, 11) is 0. The number of rotatable bonds is 6. The van der Waals surface area contributed by atoms with Crippen LogP contribution < -0.4 is 5.73 Å². The smallest absolute Gasteiger partial charge is 0.191 e. The van der Waals surface area contributed by atoms with Crippen LogP contribution in [0.3, 0.4) is 0 Å². The van der Waals surface area contributed by atoms with Gasteiger partial charge < -0.3 is 10.3 Å². The highest BCUT2D eigenvalue weighted by atomic mass is 32.2. The number of para-hydroxylation sites is 2. The molecule has 0 fully saturated rings. The molecule has 0 aliphatic rings. The van der Waals surface area contributed by atoms with Crippen LogP contribution in [-0.4, -0.2) is 29.7 Å². The molecule has 6 rings (SSSR count). The van der Waals surface area contributed by atoms with Crippen LogP contribution in [0.15, 0.2) is 90.1 Å². The summed E-state index contributed by atoms with van der Waals surface area (Å²) in [4.78, 5) is 14.1. The summed E-state index contributed by atoms with van der Waals surface area (Å²) in [6, 6.07) is 28.2. The van der Waals surface area contributed by atoms with Crippen molar-refractivity contribution in [3.63, 3.8) is 0 Å². The molecule has 0 amide bonds. The first kappa shape index (κ1) is 22.2. The lowest BCUT2D eigenvalue weighted by Gasteiger charge is -2.12. The molecule has 7 nitrogen and oxygen atoms in total. The molecule has 0 bridgehead atoms. The number of hydrogen-bond acceptors (Lipinski definition) is 7. The second kappa shape index (κ2) is 9.39. The number of aromatic nitrogens is 6. The van der Waals surface area contributed by atoms with E-state index in [1.165, 1.54) is 0 Å². The first-order chi connectivity index (χ1) is 17.7. The molecule has 2 N–H and O–H groups in total. The van der Waals surface area contributed by atoms with Gasteiger partial charge in [0.1, 0.15) is 11.6 Å². The maximum absolute atomic E-state index is 6.18. The predicted molar refractivity (Wildman–Crippen MR) is 145 cm³/mol. The Kier molecular flexibility index (Phi) is 5.79. The van der Waals surface area contributed by atoms with E-state index in [1.807, 2.05) is 60.7 Å². The number of hydrogen-bond donors (Lipinski definition) is 1. The predicted octanol–water partition coefficient (Wildman–Crippen LogP) is 6.00. The summed E-state index contributed by atoms with van der Waals surface area (Å²) >= 11 is 1.56. The van der Waals surface area contributed by atoms with Gasteiger partial charge in [0, 0.05) is 28.4 Å². The van der Waals surface area contributed by atoms with E-state index in [4.69, 9.17) is 10.7 Å². The van der Waals surface area contributed by atoms with Crippen molar-refractivity contribution in [3.05, 3.63) is 90.8 Å². The van der Waals surface area contributed by atoms with Crippen molar-refractivity contribution in [2.24, 2.45) is 0 Å². The number of thioether (sulfide) groups is 1. The van der Waals surface area contributed by atoms with Crippen LogP contribution >= 0.6 is 11.8 Å². The zero-order valence-corrected chi connectivity index (χ0v) is 20.5. The standard InChI is InChI=1S/C28H23N7S/c1-2-35-27(21-16-24(18-10-4-3-5-11-18)30-22-14-8-6-12-19(21)22)33-34-28(35)36-17-25-31-23-15-9-7-13-20(23)26(29)32-25/h3-16H,2,17H2,1H3,(H2,29,31,32). The van der Waals surface area contributed by atoms with E-state index in [0.29, 0.717) is 17.4 Å². The highest BCUT2D eigenvalue weighted by molar-refractivity contribution is 7.98. The van der Waals surface area contributed by atoms with Crippen LogP contribution in [0.5, 0.6) is 0 Å². The molecule has 0 aliphatic heterocycles. The quantitative estimate of drug-likeness (QED) is 0.287. The van der Waals surface area contributed by atoms with Gasteiger partial charge in [0.25, 0.3) is 0 Å². The van der Waals surface area contributed by atoms with Gasteiger partial charge in [0.2, 0.25) is 0 Å². The fourth-order valence-corrected chi connectivity index (χ4v) is 5.20. The van der Waals surface area contributed by atoms with Crippen molar-refractivity contribution in [3.8, 4) is 22.6 Å². The average Bonchev–Trinajstić information content (AvgIpc) is 3.34. The van der Waals surface area contributed by atoms with Gasteiger partial charge in [-0.1, -0.05) is 72.4 Å². The van der Waals surface area contributed by atoms with Gasteiger partial charge >= 0.3 is 0 Å². The number of nitrogens with zero attached hydrogens (tertiary/aromatic N) is 6. The lowest BCUT2D eigenvalue weighted by Crippen LogP contribution is -2.03. The summed E-state index contributed by atoms with van der Waals surface area (Å²) in [5.41, 5.74) is 10.9. The third-order valence-electron chi connectivity index (χ3n) is 6.07. The van der Waals surface area contributed by atoms with Crippen molar-refractivity contribution in [1.82, 2.24) is 29.7 Å². The van der Waals surface area contributed by atoms with E-state index in [9.17, 15) is 0 Å². The van der Waals surface area contributed by atoms with Crippen LogP contribution in [0.2, 0.25) is 0 Å². The minimum Gasteiger partial charge on any atom is -0.383 e. The number of anilines is 1. The van der Waals surface area contributed by atoms with Crippen LogP contribution in [0.25, 0.3) is 44.5 Å². The Hall–Kier alpha value is -4.30. The number of pyridine rings is 1. The van der Waals surface area contributed by atoms with E-state index in [1.54, 1.807) is 11.8 Å². The first-order valence-electron chi connectivity index (χ1n) is 11.7. The Morgan fingerprint density at radius 1 is 0.778 bits per heavy atom. The average molecular weight is 490 g/mol. The number of nitrogen functional groups attached to an aromatic ring is 1. The second-order valence-electron chi connectivity index (χ2n) is 8.32. The Morgan fingerprint density at radius 2 is 1.47 bits per heavy atom. The zero-order chi connectivity index (χ0) is 24.5. The Labute approximate surface area is 212 Å². The van der Waals surface area contributed by atoms with Crippen molar-refractivity contribution < 1.29 is 0 Å². The number of nitrogens with two attached hydrogens (primary N) is 1. The summed E-state index contributed by atoms with van der Waals surface area (Å²) in [6.45, 7) is 2.83. The van der Waals surface area contributed by atoms with Crippen molar-refractivity contribution in [1.29, 1.82) is 0 Å². The monoisotopic (exact) mass is 489 g/mol. The molecule has 3 aromatic heterocycles. The molecule has 0 radical (unpaired) electrons. The van der Waals surface area contributed by atoms with Crippen molar-refractivity contribution in [2.45, 2.75) is 24.4 Å². The third-order valence-corrected chi connectivity index (χ3v) is 7.03. The van der Waals surface area contributed by atoms with Gasteiger partial charge in [0.15, 0.2) is 11.0 Å². The van der Waals surface area contributed by atoms with Gasteiger partial charge in [-0.25, -0.2) is 15.0 Å². The minimum absolute atomic E-state index is 0.491. The molecular formula is C28H23N7S. The summed E-state index contributed by atoms with van der Waals surface area (Å²) < 4.78 is 2.13. The lowest BCUT2D eigenvalue weighted by atomic mass is 10.0. The Bertz CT molecular complexity index is 1700. The highest BCUT2D eigenvalue weighted by Gasteiger charge is 2.18. The molecule has 0 unspecified atom stereocenters. The summed E-state index contributed by atoms with van der Waals surface area (Å²) in [5.74, 6) is 2.52. The molecule has 0 aliphatic carbocycles. The van der Waals surface area contributed by atoms with E-state index >= 15 is 0 Å². The van der Waals surface area contributed by atoms with E-state index < -0.39 is 0 Å². The largest absolute Gasteiger partial charge is 0.383 e. The highest BCUT2D eigenvalue weighted by Crippen LogP contribution is 2.33. The molecular weight excluding hydrogens is 466 g/mol. The van der Waals surface area contributed by atoms with Gasteiger partial charge in [-0.15, -0.1) is 10.2 Å². The maximum Gasteiger partial charge on any atom is 0.191 e. The van der Waals surface area contributed by atoms with E-state index in [2.05, 4.69) is 55.9 Å². The molecule has 176 valence electrons. The molecule has 6 aromatic rings. The van der Waals surface area contributed by atoms with Crippen molar-refractivity contribution >= 4 is 39.4 Å². The molecule has 0 saturated heterocycles. The molecule has 36 heavy (non-hydrogen) atoms. The molecule has 3 aromatic carbocycles. The molecule has 0 spiro atoms. The topological polar surface area (TPSA) is 95.4 Å². The van der Waals surface area contributed by atoms with Crippen LogP contribution in [0.1, 0.15) is 12.7 Å². The fraction of sp³-hybridized carbons (Fsp3) is 0.107. The lowest BCUT2D eigenvalue weighted by molar-refractivity contribution is 0.687. The van der Waals surface area contributed by atoms with Gasteiger partial charge in [-0.05, 0) is 31.2 Å². The van der Waals surface area contributed by atoms with Crippen LogP contribution in [0, 0.1) is 0 Å². The minimum atomic E-state index is 0.491. The Balaban J connectivity index is 1.39. The normalized spacial score (nSPS) is 11.4. The molecule has 8 heteroatoms. The summed E-state index contributed by atoms with van der Waals surface area (Å²) in [5, 5.41) is 11.9. The SMILES string of the molecule is CCn1c(SCc2nc(N)c3ccccc3n2)nnc1-c1cc(-c2ccccc2)nc2ccccc12. The van der Waals surface area contributed by atoms with Crippen LogP contribution in [0.4, 0.5) is 5.82 Å². The van der Waals surface area contributed by atoms with Crippen molar-refractivity contribution in [2.75, 3.05) is 5.73 Å². The molecule has 3 heterocycles. The van der Waals surface area contributed by atoms with Crippen LogP contribution in [-0.2, 0) is 12.3 Å². The van der Waals surface area contributed by atoms with E-state index in [-0.39, 0.29) is 0 Å². The molecule has 0 atom stereocenters. The second-order valence-corrected chi connectivity index (χ2v) is 9.26. The number of benzene rings is 3. The maximum atomic E-state index is 6.18. The summed E-state index contributed by atoms with van der Waals surface area (Å²) in [6.07, 6.45) is 0. The Morgan fingerprint density at radius 3 is 2.25 bits per heavy atom. The fourth-order valence-electron chi connectivity index (χ4n) is 4.34. The van der Waals surface area contributed by atoms with E-state index in [0.717, 1.165) is 56.2 Å². The third kappa shape index (κ3) is 4.05. The van der Waals surface area contributed by atoms with Gasteiger partial charge in [-0.2, -0.15) is 0 Å². The number of fused-ring (bicyclic) bond motifs is 2. The zero-order valence-electron chi connectivity index (χ0n) is 19.7. The molecule has 0 saturated carbocycles. The van der Waals surface area contributed by atoms with Gasteiger partial charge in [0.05, 0.1) is 22.5 Å².